The molecule has 0 aliphatic heterocycles. The minimum atomic E-state index is -0.986. The van der Waals surface area contributed by atoms with Gasteiger partial charge in [0.15, 0.2) is 0 Å². The summed E-state index contributed by atoms with van der Waals surface area (Å²) >= 11 is 0. The fraction of sp³-hybridized carbons (Fsp3) is 0.294. The van der Waals surface area contributed by atoms with E-state index in [0.717, 1.165) is 35.4 Å². The van der Waals surface area contributed by atoms with E-state index < -0.39 is 5.97 Å². The van der Waals surface area contributed by atoms with Gasteiger partial charge in [0.25, 0.3) is 0 Å². The van der Waals surface area contributed by atoms with Crippen LogP contribution in [0, 0.1) is 0 Å². The summed E-state index contributed by atoms with van der Waals surface area (Å²) in [6.45, 7) is 0.398. The van der Waals surface area contributed by atoms with Gasteiger partial charge >= 0.3 is 5.97 Å². The van der Waals surface area contributed by atoms with Gasteiger partial charge < -0.3 is 15.0 Å². The van der Waals surface area contributed by atoms with Gasteiger partial charge in [-0.05, 0) is 25.0 Å². The Morgan fingerprint density at radius 2 is 2.12 bits per heavy atom. The van der Waals surface area contributed by atoms with E-state index in [0.29, 0.717) is 18.3 Å². The van der Waals surface area contributed by atoms with Crippen molar-refractivity contribution in [3.63, 3.8) is 0 Å². The number of hydrogen-bond acceptors (Lipinski definition) is 5. The number of carboxylic acids is 1. The maximum Gasteiger partial charge on any atom is 0.354 e. The van der Waals surface area contributed by atoms with Gasteiger partial charge in [0.2, 0.25) is 0 Å². The standard InChI is InChI=1S/C17H17N5O2/c1-22-13(17(23)24)8-18-14(22)9-19-16-11-4-2-3-5-12(11)20-15(21-16)10-6-7-10/h2-5,8,10H,6-7,9H2,1H3,(H,23,24)(H,19,20,21). The Balaban J connectivity index is 1.65. The number of fused-ring (bicyclic) bond motifs is 1. The second-order valence-electron chi connectivity index (χ2n) is 6.00. The molecule has 0 amide bonds. The maximum absolute atomic E-state index is 11.1. The first-order valence-corrected chi connectivity index (χ1v) is 7.88. The second kappa shape index (κ2) is 5.59. The van der Waals surface area contributed by atoms with Crippen molar-refractivity contribution in [2.24, 2.45) is 7.05 Å². The summed E-state index contributed by atoms with van der Waals surface area (Å²) in [4.78, 5) is 24.6. The SMILES string of the molecule is Cn1c(C(=O)O)cnc1CNc1nc(C2CC2)nc2ccccc12. The third kappa shape index (κ3) is 2.58. The lowest BCUT2D eigenvalue weighted by Crippen LogP contribution is -2.11. The minimum absolute atomic E-state index is 0.165. The summed E-state index contributed by atoms with van der Waals surface area (Å²) < 4.78 is 1.57. The highest BCUT2D eigenvalue weighted by Gasteiger charge is 2.27. The number of carbonyl (C=O) groups is 1. The molecule has 4 rings (SSSR count). The van der Waals surface area contributed by atoms with Gasteiger partial charge in [-0.25, -0.2) is 19.7 Å². The number of anilines is 1. The zero-order valence-corrected chi connectivity index (χ0v) is 13.2. The summed E-state index contributed by atoms with van der Waals surface area (Å²) in [5.74, 6) is 1.76. The third-order valence-electron chi connectivity index (χ3n) is 4.28. The van der Waals surface area contributed by atoms with Crippen LogP contribution in [0.1, 0.15) is 40.9 Å². The van der Waals surface area contributed by atoms with Gasteiger partial charge in [-0.2, -0.15) is 0 Å². The highest BCUT2D eigenvalue weighted by Crippen LogP contribution is 2.39. The fourth-order valence-corrected chi connectivity index (χ4v) is 2.73. The van der Waals surface area contributed by atoms with Crippen LogP contribution in [-0.2, 0) is 13.6 Å². The van der Waals surface area contributed by atoms with Crippen LogP contribution in [0.5, 0.6) is 0 Å². The average Bonchev–Trinajstić information content (AvgIpc) is 3.36. The molecule has 2 heterocycles. The van der Waals surface area contributed by atoms with Crippen LogP contribution in [0.4, 0.5) is 5.82 Å². The summed E-state index contributed by atoms with van der Waals surface area (Å²) in [5, 5.41) is 13.4. The number of aromatic nitrogens is 4. The van der Waals surface area contributed by atoms with E-state index in [1.165, 1.54) is 6.20 Å². The Hall–Kier alpha value is -2.96. The summed E-state index contributed by atoms with van der Waals surface area (Å²) in [7, 11) is 1.70. The van der Waals surface area contributed by atoms with Crippen LogP contribution >= 0.6 is 0 Å². The molecule has 2 N–H and O–H groups in total. The maximum atomic E-state index is 11.1. The number of nitrogens with one attached hydrogen (secondary N) is 1. The van der Waals surface area contributed by atoms with E-state index in [2.05, 4.69) is 20.3 Å². The summed E-state index contributed by atoms with van der Waals surface area (Å²) in [6, 6.07) is 7.89. The molecule has 24 heavy (non-hydrogen) atoms. The Morgan fingerprint density at radius 3 is 2.83 bits per heavy atom. The summed E-state index contributed by atoms with van der Waals surface area (Å²) in [6.07, 6.45) is 3.64. The van der Waals surface area contributed by atoms with Crippen molar-refractivity contribution < 1.29 is 9.90 Å². The molecule has 3 aromatic rings. The van der Waals surface area contributed by atoms with Gasteiger partial charge in [-0.15, -0.1) is 0 Å². The Kier molecular flexibility index (Phi) is 3.41. The first kappa shape index (κ1) is 14.6. The van der Waals surface area contributed by atoms with Gasteiger partial charge in [0.1, 0.15) is 23.2 Å². The van der Waals surface area contributed by atoms with E-state index in [4.69, 9.17) is 5.11 Å². The van der Waals surface area contributed by atoms with Crippen LogP contribution in [0.15, 0.2) is 30.5 Å². The Bertz CT molecular complexity index is 930. The molecule has 1 aromatic carbocycles. The number of rotatable bonds is 5. The molecule has 1 aliphatic rings. The van der Waals surface area contributed by atoms with E-state index >= 15 is 0 Å². The molecule has 7 nitrogen and oxygen atoms in total. The molecule has 0 saturated heterocycles. The predicted octanol–water partition coefficient (Wildman–Crippen LogP) is 2.55. The minimum Gasteiger partial charge on any atom is -0.477 e. The Labute approximate surface area is 138 Å². The zero-order chi connectivity index (χ0) is 16.7. The first-order chi connectivity index (χ1) is 11.6. The van der Waals surface area contributed by atoms with Crippen LogP contribution in [0.2, 0.25) is 0 Å². The Morgan fingerprint density at radius 1 is 1.33 bits per heavy atom. The normalized spacial score (nSPS) is 14.0. The van der Waals surface area contributed by atoms with Crippen molar-refractivity contribution in [2.45, 2.75) is 25.3 Å². The molecular formula is C17H17N5O2. The zero-order valence-electron chi connectivity index (χ0n) is 13.2. The van der Waals surface area contributed by atoms with Crippen molar-refractivity contribution in [3.8, 4) is 0 Å². The van der Waals surface area contributed by atoms with Crippen molar-refractivity contribution in [1.82, 2.24) is 19.5 Å². The van der Waals surface area contributed by atoms with Gasteiger partial charge in [-0.1, -0.05) is 12.1 Å². The number of benzene rings is 1. The molecule has 0 atom stereocenters. The first-order valence-electron chi connectivity index (χ1n) is 7.88. The molecule has 0 radical (unpaired) electrons. The molecular weight excluding hydrogens is 306 g/mol. The average molecular weight is 323 g/mol. The van der Waals surface area contributed by atoms with E-state index in [9.17, 15) is 4.79 Å². The smallest absolute Gasteiger partial charge is 0.354 e. The van der Waals surface area contributed by atoms with Gasteiger partial charge in [-0.3, -0.25) is 0 Å². The molecule has 2 aromatic heterocycles. The number of aromatic carboxylic acids is 1. The van der Waals surface area contributed by atoms with Crippen LogP contribution in [0.3, 0.4) is 0 Å². The van der Waals surface area contributed by atoms with Crippen molar-refractivity contribution >= 4 is 22.7 Å². The number of hydrogen-bond donors (Lipinski definition) is 2. The monoisotopic (exact) mass is 323 g/mol. The lowest BCUT2D eigenvalue weighted by Gasteiger charge is -2.11. The quantitative estimate of drug-likeness (QED) is 0.749. The third-order valence-corrected chi connectivity index (χ3v) is 4.28. The van der Waals surface area contributed by atoms with Crippen molar-refractivity contribution in [1.29, 1.82) is 0 Å². The number of nitrogens with zero attached hydrogens (tertiary/aromatic N) is 4. The van der Waals surface area contributed by atoms with Gasteiger partial charge in [0.05, 0.1) is 18.3 Å². The molecule has 122 valence electrons. The number of para-hydroxylation sites is 1. The molecule has 0 unspecified atom stereocenters. The van der Waals surface area contributed by atoms with E-state index in [-0.39, 0.29) is 5.69 Å². The van der Waals surface area contributed by atoms with Crippen LogP contribution < -0.4 is 5.32 Å². The van der Waals surface area contributed by atoms with E-state index in [1.54, 1.807) is 11.6 Å². The fourth-order valence-electron chi connectivity index (χ4n) is 2.73. The molecule has 1 fully saturated rings. The lowest BCUT2D eigenvalue weighted by atomic mass is 10.2. The van der Waals surface area contributed by atoms with Crippen molar-refractivity contribution in [3.05, 3.63) is 47.8 Å². The highest BCUT2D eigenvalue weighted by atomic mass is 16.4. The highest BCUT2D eigenvalue weighted by molar-refractivity contribution is 5.89. The number of carboxylic acid groups (broad SMARTS) is 1. The predicted molar refractivity (Wildman–Crippen MR) is 89.0 cm³/mol. The largest absolute Gasteiger partial charge is 0.477 e. The molecule has 1 aliphatic carbocycles. The molecule has 0 bridgehead atoms. The topological polar surface area (TPSA) is 92.9 Å². The molecule has 1 saturated carbocycles. The second-order valence-corrected chi connectivity index (χ2v) is 6.00. The molecule has 0 spiro atoms. The van der Waals surface area contributed by atoms with Crippen LogP contribution in [-0.4, -0.2) is 30.6 Å². The van der Waals surface area contributed by atoms with Crippen molar-refractivity contribution in [2.75, 3.05) is 5.32 Å². The summed E-state index contributed by atoms with van der Waals surface area (Å²) in [5.41, 5.74) is 1.08. The molecule has 7 heteroatoms. The van der Waals surface area contributed by atoms with Crippen LogP contribution in [0.25, 0.3) is 10.9 Å². The van der Waals surface area contributed by atoms with Gasteiger partial charge in [0, 0.05) is 18.4 Å². The number of imidazole rings is 1. The van der Waals surface area contributed by atoms with E-state index in [1.807, 2.05) is 24.3 Å². The lowest BCUT2D eigenvalue weighted by molar-refractivity contribution is 0.0686.